The van der Waals surface area contributed by atoms with Crippen molar-refractivity contribution in [2.75, 3.05) is 18.5 Å². The Bertz CT molecular complexity index is 1000. The van der Waals surface area contributed by atoms with Crippen LogP contribution in [0.5, 0.6) is 5.75 Å². The zero-order chi connectivity index (χ0) is 19.9. The van der Waals surface area contributed by atoms with E-state index in [1.807, 2.05) is 49.4 Å². The van der Waals surface area contributed by atoms with Crippen LogP contribution in [0, 0.1) is 0 Å². The Morgan fingerprint density at radius 1 is 1.00 bits per heavy atom. The third-order valence-corrected chi connectivity index (χ3v) is 4.33. The molecule has 0 aliphatic carbocycles. The lowest BCUT2D eigenvalue weighted by atomic mass is 10.1. The van der Waals surface area contributed by atoms with E-state index in [1.54, 1.807) is 12.1 Å². The fraction of sp³-hybridized carbons (Fsp3) is 0.182. The molecule has 0 fully saturated rings. The largest absolute Gasteiger partial charge is 0.484 e. The van der Waals surface area contributed by atoms with Gasteiger partial charge in [-0.05, 0) is 47.5 Å². The monoisotopic (exact) mass is 397 g/mol. The van der Waals surface area contributed by atoms with E-state index in [0.29, 0.717) is 28.6 Å². The van der Waals surface area contributed by atoms with Crippen molar-refractivity contribution in [1.29, 1.82) is 0 Å². The van der Waals surface area contributed by atoms with Gasteiger partial charge in [0.15, 0.2) is 6.61 Å². The van der Waals surface area contributed by atoms with Crippen molar-refractivity contribution in [2.45, 2.75) is 13.3 Å². The second-order valence-corrected chi connectivity index (χ2v) is 6.58. The Hall–Kier alpha value is -3.05. The van der Waals surface area contributed by atoms with Crippen molar-refractivity contribution in [3.63, 3.8) is 0 Å². The van der Waals surface area contributed by atoms with Gasteiger partial charge in [-0.15, -0.1) is 0 Å². The summed E-state index contributed by atoms with van der Waals surface area (Å²) in [5, 5.41) is 5.12. The number of anilines is 1. The summed E-state index contributed by atoms with van der Waals surface area (Å²) in [6.07, 6.45) is 0.731. The van der Waals surface area contributed by atoms with Crippen LogP contribution in [0.4, 0.5) is 5.69 Å². The summed E-state index contributed by atoms with van der Waals surface area (Å²) in [4.78, 5) is 24.2. The molecule has 1 amide bonds. The maximum Gasteiger partial charge on any atom is 0.338 e. The molecule has 3 rings (SSSR count). The molecule has 3 aromatic carbocycles. The van der Waals surface area contributed by atoms with Gasteiger partial charge in [0.25, 0.3) is 5.91 Å². The van der Waals surface area contributed by atoms with Gasteiger partial charge in [-0.1, -0.05) is 48.9 Å². The van der Waals surface area contributed by atoms with Crippen LogP contribution in [-0.4, -0.2) is 25.1 Å². The number of benzene rings is 3. The first-order valence-corrected chi connectivity index (χ1v) is 9.32. The normalized spacial score (nSPS) is 10.5. The lowest BCUT2D eigenvalue weighted by Crippen LogP contribution is -2.20. The van der Waals surface area contributed by atoms with E-state index in [1.165, 1.54) is 6.07 Å². The van der Waals surface area contributed by atoms with Crippen LogP contribution in [-0.2, 0) is 9.53 Å². The van der Waals surface area contributed by atoms with Crippen molar-refractivity contribution >= 4 is 39.9 Å². The molecule has 0 heterocycles. The van der Waals surface area contributed by atoms with E-state index in [2.05, 4.69) is 5.32 Å². The van der Waals surface area contributed by atoms with Crippen LogP contribution in [0.1, 0.15) is 23.7 Å². The quantitative estimate of drug-likeness (QED) is 0.565. The minimum atomic E-state index is -0.457. The zero-order valence-electron chi connectivity index (χ0n) is 15.4. The summed E-state index contributed by atoms with van der Waals surface area (Å²) in [7, 11) is 0. The van der Waals surface area contributed by atoms with E-state index in [-0.39, 0.29) is 12.5 Å². The Kier molecular flexibility index (Phi) is 6.50. The first kappa shape index (κ1) is 19.7. The molecule has 0 spiro atoms. The lowest BCUT2D eigenvalue weighted by Gasteiger charge is -2.11. The number of amides is 1. The van der Waals surface area contributed by atoms with Gasteiger partial charge in [-0.3, -0.25) is 4.79 Å². The van der Waals surface area contributed by atoms with E-state index >= 15 is 0 Å². The predicted octanol–water partition coefficient (Wildman–Crippen LogP) is 5.08. The molecule has 0 aliphatic heterocycles. The number of hydrogen-bond acceptors (Lipinski definition) is 4. The van der Waals surface area contributed by atoms with Crippen LogP contribution in [0.15, 0.2) is 60.7 Å². The molecule has 0 aromatic heterocycles. The van der Waals surface area contributed by atoms with Crippen LogP contribution in [0.25, 0.3) is 10.8 Å². The number of halogens is 1. The minimum absolute atomic E-state index is 0.181. The van der Waals surface area contributed by atoms with E-state index in [4.69, 9.17) is 21.1 Å². The summed E-state index contributed by atoms with van der Waals surface area (Å²) in [6, 6.07) is 18.1. The molecule has 1 N–H and O–H groups in total. The first-order valence-electron chi connectivity index (χ1n) is 8.95. The average Bonchev–Trinajstić information content (AvgIpc) is 2.72. The van der Waals surface area contributed by atoms with Crippen LogP contribution in [0.3, 0.4) is 0 Å². The topological polar surface area (TPSA) is 64.6 Å². The summed E-state index contributed by atoms with van der Waals surface area (Å²) < 4.78 is 10.7. The number of carbonyl (C=O) groups is 2. The maximum absolute atomic E-state index is 12.2. The summed E-state index contributed by atoms with van der Waals surface area (Å²) in [5.74, 6) is -0.243. The Morgan fingerprint density at radius 3 is 2.57 bits per heavy atom. The summed E-state index contributed by atoms with van der Waals surface area (Å²) in [6.45, 7) is 2.07. The number of esters is 1. The molecule has 0 atom stereocenters. The molecule has 144 valence electrons. The Morgan fingerprint density at radius 2 is 1.79 bits per heavy atom. The van der Waals surface area contributed by atoms with E-state index in [0.717, 1.165) is 17.2 Å². The van der Waals surface area contributed by atoms with Gasteiger partial charge in [0.05, 0.1) is 22.9 Å². The van der Waals surface area contributed by atoms with Crippen molar-refractivity contribution in [3.8, 4) is 5.75 Å². The van der Waals surface area contributed by atoms with Crippen LogP contribution < -0.4 is 10.1 Å². The van der Waals surface area contributed by atoms with E-state index < -0.39 is 5.97 Å². The molecule has 0 saturated carbocycles. The molecular weight excluding hydrogens is 378 g/mol. The number of ether oxygens (including phenoxy) is 2. The van der Waals surface area contributed by atoms with Crippen molar-refractivity contribution in [3.05, 3.63) is 71.2 Å². The second kappa shape index (κ2) is 9.24. The molecule has 6 heteroatoms. The average molecular weight is 398 g/mol. The molecular formula is C22H20ClNO4. The molecule has 0 radical (unpaired) electrons. The number of carbonyl (C=O) groups excluding carboxylic acids is 2. The number of fused-ring (bicyclic) bond motifs is 1. The van der Waals surface area contributed by atoms with Gasteiger partial charge in [-0.2, -0.15) is 0 Å². The van der Waals surface area contributed by atoms with Crippen molar-refractivity contribution in [2.24, 2.45) is 0 Å². The highest BCUT2D eigenvalue weighted by atomic mass is 35.5. The molecule has 0 unspecified atom stereocenters. The molecule has 3 aromatic rings. The zero-order valence-corrected chi connectivity index (χ0v) is 16.2. The number of nitrogens with one attached hydrogen (secondary N) is 1. The standard InChI is InChI=1S/C22H20ClNO4/c1-2-11-27-22(26)17-8-10-19(23)20(13-17)24-21(25)14-28-18-9-7-15-5-3-4-6-16(15)12-18/h3-10,12-13H,2,11,14H2,1H3,(H,24,25). The van der Waals surface area contributed by atoms with Crippen molar-refractivity contribution < 1.29 is 19.1 Å². The number of hydrogen-bond donors (Lipinski definition) is 1. The molecule has 0 saturated heterocycles. The molecule has 5 nitrogen and oxygen atoms in total. The van der Waals surface area contributed by atoms with Gasteiger partial charge in [-0.25, -0.2) is 4.79 Å². The second-order valence-electron chi connectivity index (χ2n) is 6.18. The molecule has 28 heavy (non-hydrogen) atoms. The molecule has 0 aliphatic rings. The fourth-order valence-corrected chi connectivity index (χ4v) is 2.78. The smallest absolute Gasteiger partial charge is 0.338 e. The van der Waals surface area contributed by atoms with E-state index in [9.17, 15) is 9.59 Å². The predicted molar refractivity (Wildman–Crippen MR) is 110 cm³/mol. The Balaban J connectivity index is 1.62. The van der Waals surface area contributed by atoms with Crippen molar-refractivity contribution in [1.82, 2.24) is 0 Å². The van der Waals surface area contributed by atoms with Gasteiger partial charge in [0, 0.05) is 0 Å². The van der Waals surface area contributed by atoms with Gasteiger partial charge < -0.3 is 14.8 Å². The van der Waals surface area contributed by atoms with Crippen LogP contribution >= 0.6 is 11.6 Å². The SMILES string of the molecule is CCCOC(=O)c1ccc(Cl)c(NC(=O)COc2ccc3ccccc3c2)c1. The Labute approximate surface area is 168 Å². The fourth-order valence-electron chi connectivity index (χ4n) is 2.62. The lowest BCUT2D eigenvalue weighted by molar-refractivity contribution is -0.118. The highest BCUT2D eigenvalue weighted by molar-refractivity contribution is 6.33. The minimum Gasteiger partial charge on any atom is -0.484 e. The summed E-state index contributed by atoms with van der Waals surface area (Å²) in [5.41, 5.74) is 0.656. The summed E-state index contributed by atoms with van der Waals surface area (Å²) >= 11 is 6.12. The maximum atomic E-state index is 12.2. The highest BCUT2D eigenvalue weighted by Gasteiger charge is 2.12. The van der Waals surface area contributed by atoms with Crippen LogP contribution in [0.2, 0.25) is 5.02 Å². The molecule has 0 bridgehead atoms. The van der Waals surface area contributed by atoms with Gasteiger partial charge in [0.1, 0.15) is 5.75 Å². The van der Waals surface area contributed by atoms with Gasteiger partial charge >= 0.3 is 5.97 Å². The third kappa shape index (κ3) is 5.02. The first-order chi connectivity index (χ1) is 13.6. The van der Waals surface area contributed by atoms with Gasteiger partial charge in [0.2, 0.25) is 0 Å². The number of rotatable bonds is 7. The third-order valence-electron chi connectivity index (χ3n) is 4.00. The highest BCUT2D eigenvalue weighted by Crippen LogP contribution is 2.24.